The maximum absolute atomic E-state index is 13.4. The van der Waals surface area contributed by atoms with Crippen molar-refractivity contribution >= 4 is 39.7 Å². The zero-order chi connectivity index (χ0) is 16.2. The number of halogens is 5. The summed E-state index contributed by atoms with van der Waals surface area (Å²) in [6, 6.07) is 5.22. The van der Waals surface area contributed by atoms with Crippen molar-refractivity contribution < 1.29 is 18.3 Å². The van der Waals surface area contributed by atoms with E-state index in [-0.39, 0.29) is 16.5 Å². The molecule has 0 saturated carbocycles. The third-order valence-electron chi connectivity index (χ3n) is 4.02. The van der Waals surface area contributed by atoms with Crippen molar-refractivity contribution in [3.63, 3.8) is 0 Å². The number of phenolic OH excluding ortho intramolecular Hbond substituents is 1. The molecular formula is C15H12Cl2F3NO. The van der Waals surface area contributed by atoms with Crippen LogP contribution >= 0.6 is 23.2 Å². The van der Waals surface area contributed by atoms with Gasteiger partial charge in [-0.05, 0) is 11.6 Å². The van der Waals surface area contributed by atoms with Crippen LogP contribution in [0.1, 0.15) is 17.0 Å². The Bertz CT molecular complexity index is 746. The maximum atomic E-state index is 13.4. The molecule has 2 nitrogen and oxygen atoms in total. The first kappa shape index (κ1) is 15.6. The summed E-state index contributed by atoms with van der Waals surface area (Å²) in [7, 11) is 1.73. The highest BCUT2D eigenvalue weighted by molar-refractivity contribution is 6.45. The number of aromatic hydroxyl groups is 1. The third kappa shape index (κ3) is 2.27. The first-order valence-corrected chi connectivity index (χ1v) is 7.44. The fraction of sp³-hybridized carbons (Fsp3) is 0.333. The third-order valence-corrected chi connectivity index (χ3v) is 4.63. The Hall–Kier alpha value is -1.33. The molecule has 2 aromatic rings. The molecule has 3 rings (SSSR count). The number of fused-ring (bicyclic) bond motifs is 3. The van der Waals surface area contributed by atoms with E-state index in [1.165, 1.54) is 18.2 Å². The van der Waals surface area contributed by atoms with Crippen LogP contribution in [0.4, 0.5) is 18.9 Å². The van der Waals surface area contributed by atoms with Crippen LogP contribution in [0.25, 0.3) is 10.8 Å². The van der Waals surface area contributed by atoms with Crippen molar-refractivity contribution in [3.8, 4) is 5.75 Å². The van der Waals surface area contributed by atoms with Gasteiger partial charge < -0.3 is 10.0 Å². The molecule has 118 valence electrons. The van der Waals surface area contributed by atoms with Gasteiger partial charge in [-0.1, -0.05) is 12.1 Å². The van der Waals surface area contributed by atoms with Crippen molar-refractivity contribution in [2.75, 3.05) is 18.5 Å². The molecule has 0 unspecified atom stereocenters. The largest absolute Gasteiger partial charge is 0.507 e. The predicted molar refractivity (Wildman–Crippen MR) is 82.1 cm³/mol. The number of nitrogens with zero attached hydrogens (tertiary/aromatic N) is 1. The molecule has 0 amide bonds. The first-order chi connectivity index (χ1) is 10.2. The van der Waals surface area contributed by atoms with E-state index in [0.717, 1.165) is 6.07 Å². The molecule has 22 heavy (non-hydrogen) atoms. The van der Waals surface area contributed by atoms with Crippen molar-refractivity contribution in [1.29, 1.82) is 0 Å². The van der Waals surface area contributed by atoms with Gasteiger partial charge in [0, 0.05) is 42.0 Å². The molecule has 0 bridgehead atoms. The van der Waals surface area contributed by atoms with E-state index in [9.17, 15) is 18.3 Å². The monoisotopic (exact) mass is 349 g/mol. The van der Waals surface area contributed by atoms with Gasteiger partial charge in [0.1, 0.15) is 10.6 Å². The highest BCUT2D eigenvalue weighted by Gasteiger charge is 2.39. The molecule has 0 fully saturated rings. The van der Waals surface area contributed by atoms with Gasteiger partial charge in [-0.15, -0.1) is 23.2 Å². The van der Waals surface area contributed by atoms with Crippen molar-refractivity contribution in [2.45, 2.75) is 16.9 Å². The minimum absolute atomic E-state index is 0.0225. The molecule has 1 N–H and O–H groups in total. The molecule has 1 heterocycles. The molecule has 0 aliphatic carbocycles. The lowest BCUT2D eigenvalue weighted by atomic mass is 9.91. The number of rotatable bonds is 1. The molecule has 0 aromatic heterocycles. The number of alkyl halides is 5. The van der Waals surface area contributed by atoms with Gasteiger partial charge in [-0.2, -0.15) is 13.2 Å². The van der Waals surface area contributed by atoms with E-state index < -0.39 is 22.5 Å². The second-order valence-corrected chi connectivity index (χ2v) is 6.54. The standard InChI is InChI=1S/C15H12Cl2F3NO/c1-21-6-8(14(16)17)13-10(21)5-11(22)7-3-2-4-9(12(7)13)15(18,19)20/h2-5,8,14,22H,6H2,1H3/t8-/m1/s1. The zero-order valence-corrected chi connectivity index (χ0v) is 13.0. The van der Waals surface area contributed by atoms with Crippen molar-refractivity contribution in [2.24, 2.45) is 0 Å². The number of phenols is 1. The molecular weight excluding hydrogens is 338 g/mol. The highest BCUT2D eigenvalue weighted by atomic mass is 35.5. The van der Waals surface area contributed by atoms with Gasteiger partial charge in [-0.25, -0.2) is 0 Å². The minimum Gasteiger partial charge on any atom is -0.507 e. The summed E-state index contributed by atoms with van der Waals surface area (Å²) in [6.45, 7) is 0.401. The molecule has 0 spiro atoms. The number of hydrogen-bond acceptors (Lipinski definition) is 2. The Morgan fingerprint density at radius 2 is 2.00 bits per heavy atom. The maximum Gasteiger partial charge on any atom is 0.417 e. The fourth-order valence-corrected chi connectivity index (χ4v) is 3.50. The van der Waals surface area contributed by atoms with Crippen LogP contribution in [0, 0.1) is 0 Å². The van der Waals surface area contributed by atoms with E-state index in [2.05, 4.69) is 0 Å². The Balaban J connectivity index is 2.45. The minimum atomic E-state index is -4.53. The normalized spacial score (nSPS) is 18.3. The van der Waals surface area contributed by atoms with Crippen LogP contribution in [-0.2, 0) is 6.18 Å². The molecule has 7 heteroatoms. The summed E-state index contributed by atoms with van der Waals surface area (Å²) in [5.41, 5.74) is 0.183. The smallest absolute Gasteiger partial charge is 0.417 e. The first-order valence-electron chi connectivity index (χ1n) is 6.57. The van der Waals surface area contributed by atoms with Crippen LogP contribution < -0.4 is 4.90 Å². The summed E-state index contributed by atoms with van der Waals surface area (Å²) in [4.78, 5) is 0.919. The summed E-state index contributed by atoms with van der Waals surface area (Å²) in [5.74, 6) is -0.636. The SMILES string of the molecule is CN1C[C@@H](C(Cl)Cl)c2c1cc(O)c1cccc(C(F)(F)F)c21. The second-order valence-electron chi connectivity index (χ2n) is 5.38. The van der Waals surface area contributed by atoms with Gasteiger partial charge in [0.15, 0.2) is 0 Å². The van der Waals surface area contributed by atoms with Gasteiger partial charge in [0.25, 0.3) is 0 Å². The molecule has 0 radical (unpaired) electrons. The van der Waals surface area contributed by atoms with Gasteiger partial charge in [-0.3, -0.25) is 0 Å². The highest BCUT2D eigenvalue weighted by Crippen LogP contribution is 2.50. The molecule has 0 saturated heterocycles. The van der Waals surface area contributed by atoms with Crippen LogP contribution in [0.15, 0.2) is 24.3 Å². The van der Waals surface area contributed by atoms with Crippen LogP contribution in [0.5, 0.6) is 5.75 Å². The lowest BCUT2D eigenvalue weighted by Crippen LogP contribution is -2.18. The van der Waals surface area contributed by atoms with Crippen LogP contribution in [-0.4, -0.2) is 23.5 Å². The lowest BCUT2D eigenvalue weighted by molar-refractivity contribution is -0.136. The fourth-order valence-electron chi connectivity index (χ4n) is 3.09. The average molecular weight is 350 g/mol. The lowest BCUT2D eigenvalue weighted by Gasteiger charge is -2.18. The summed E-state index contributed by atoms with van der Waals surface area (Å²) >= 11 is 12.0. The number of benzene rings is 2. The van der Waals surface area contributed by atoms with E-state index in [0.29, 0.717) is 17.8 Å². The van der Waals surface area contributed by atoms with E-state index in [1.807, 2.05) is 0 Å². The van der Waals surface area contributed by atoms with Crippen LogP contribution in [0.2, 0.25) is 0 Å². The van der Waals surface area contributed by atoms with Gasteiger partial charge >= 0.3 is 6.18 Å². The van der Waals surface area contributed by atoms with E-state index in [4.69, 9.17) is 23.2 Å². The van der Waals surface area contributed by atoms with Gasteiger partial charge in [0.05, 0.1) is 5.56 Å². The summed E-state index contributed by atoms with van der Waals surface area (Å²) in [5, 5.41) is 10.2. The van der Waals surface area contributed by atoms with Gasteiger partial charge in [0.2, 0.25) is 0 Å². The Kier molecular flexibility index (Phi) is 3.61. The summed E-state index contributed by atoms with van der Waals surface area (Å²) in [6.07, 6.45) is -4.53. The number of likely N-dealkylation sites (N-methyl/N-ethyl adjacent to an activating group) is 1. The topological polar surface area (TPSA) is 23.5 Å². The quantitative estimate of drug-likeness (QED) is 0.740. The predicted octanol–water partition coefficient (Wildman–Crippen LogP) is 4.90. The Morgan fingerprint density at radius 1 is 1.32 bits per heavy atom. The Labute approximate surface area is 135 Å². The van der Waals surface area contributed by atoms with Crippen LogP contribution in [0.3, 0.4) is 0 Å². The number of hydrogen-bond donors (Lipinski definition) is 1. The zero-order valence-electron chi connectivity index (χ0n) is 11.5. The molecule has 1 aliphatic rings. The Morgan fingerprint density at radius 3 is 2.59 bits per heavy atom. The second kappa shape index (κ2) is 5.10. The van der Waals surface area contributed by atoms with E-state index in [1.54, 1.807) is 11.9 Å². The summed E-state index contributed by atoms with van der Waals surface area (Å²) < 4.78 is 40.1. The number of anilines is 1. The van der Waals surface area contributed by atoms with E-state index >= 15 is 0 Å². The molecule has 2 aromatic carbocycles. The molecule has 1 atom stereocenters. The molecule has 1 aliphatic heterocycles. The van der Waals surface area contributed by atoms with Crippen molar-refractivity contribution in [1.82, 2.24) is 0 Å². The van der Waals surface area contributed by atoms with Crippen molar-refractivity contribution in [3.05, 3.63) is 35.4 Å². The average Bonchev–Trinajstić information content (AvgIpc) is 2.75.